The highest BCUT2D eigenvalue weighted by Crippen LogP contribution is 2.34. The molecule has 0 atom stereocenters. The van der Waals surface area contributed by atoms with E-state index in [1.165, 1.54) is 11.6 Å². The molecule has 0 aliphatic carbocycles. The zero-order valence-electron chi connectivity index (χ0n) is 24.0. The number of carbonyl (C=O) groups is 1. The van der Waals surface area contributed by atoms with Gasteiger partial charge >= 0.3 is 6.18 Å². The fraction of sp³-hybridized carbons (Fsp3) is 0.400. The molecular formula is C30H33F3N8OS. The molecule has 1 aromatic carbocycles. The van der Waals surface area contributed by atoms with E-state index >= 15 is 0 Å². The largest absolute Gasteiger partial charge is 0.393 e. The molecule has 1 fully saturated rings. The molecule has 4 heterocycles. The minimum Gasteiger partial charge on any atom is -0.368 e. The standard InChI is InChI=1S/C30H33F3N8OS/c1-4-26(42)36-17(2)15-41-21(14-34)11-23-18(3)19(5-6-25(23)41)16-40-9-7-20(8-10-40)37-27-24-12-22(13-30(31,32)33)43-28(24)39-29(35)38-27/h5-6,11-12,20H,2,4,7-10,13,15-16H2,1,3H3,(H,36,42)(H3,35,37,38,39). The number of aromatic nitrogens is 3. The Labute approximate surface area is 251 Å². The van der Waals surface area contributed by atoms with E-state index in [0.717, 1.165) is 60.3 Å². The van der Waals surface area contributed by atoms with Crippen molar-refractivity contribution in [2.75, 3.05) is 24.1 Å². The second-order valence-electron chi connectivity index (χ2n) is 10.9. The van der Waals surface area contributed by atoms with Gasteiger partial charge in [0.05, 0.1) is 18.4 Å². The van der Waals surface area contributed by atoms with Gasteiger partial charge in [-0.1, -0.05) is 19.6 Å². The Hall–Kier alpha value is -4.15. The molecule has 0 radical (unpaired) electrons. The summed E-state index contributed by atoms with van der Waals surface area (Å²) in [7, 11) is 0. The van der Waals surface area contributed by atoms with Crippen LogP contribution in [0.4, 0.5) is 24.9 Å². The lowest BCUT2D eigenvalue weighted by atomic mass is 10.0. The number of benzene rings is 1. The molecule has 43 heavy (non-hydrogen) atoms. The van der Waals surface area contributed by atoms with Gasteiger partial charge in [-0.15, -0.1) is 11.3 Å². The summed E-state index contributed by atoms with van der Waals surface area (Å²) in [4.78, 5) is 23.2. The van der Waals surface area contributed by atoms with E-state index < -0.39 is 12.6 Å². The summed E-state index contributed by atoms with van der Waals surface area (Å²) in [5.74, 6) is 0.386. The number of rotatable bonds is 9. The fourth-order valence-corrected chi connectivity index (χ4v) is 6.59. The van der Waals surface area contributed by atoms with E-state index in [2.05, 4.69) is 51.1 Å². The first kappa shape index (κ1) is 30.3. The molecule has 4 N–H and O–H groups in total. The summed E-state index contributed by atoms with van der Waals surface area (Å²) in [6, 6.07) is 9.85. The van der Waals surface area contributed by atoms with Crippen molar-refractivity contribution in [3.63, 3.8) is 0 Å². The number of alkyl halides is 3. The van der Waals surface area contributed by atoms with Crippen molar-refractivity contribution in [3.05, 3.63) is 58.2 Å². The number of hydrogen-bond acceptors (Lipinski definition) is 8. The van der Waals surface area contributed by atoms with Gasteiger partial charge in [0.2, 0.25) is 11.9 Å². The van der Waals surface area contributed by atoms with Gasteiger partial charge in [0.1, 0.15) is 22.4 Å². The average molecular weight is 611 g/mol. The number of nitrogens with two attached hydrogens (primary N) is 1. The lowest BCUT2D eigenvalue weighted by molar-refractivity contribution is -0.126. The SMILES string of the molecule is C=C(Cn1c(C#N)cc2c(C)c(CN3CCC(Nc4nc(N)nc5sc(CC(F)(F)F)cc45)CC3)ccc21)NC(=O)CC. The van der Waals surface area contributed by atoms with Crippen molar-refractivity contribution >= 4 is 50.1 Å². The zero-order chi connectivity index (χ0) is 30.9. The monoisotopic (exact) mass is 610 g/mol. The van der Waals surface area contributed by atoms with Gasteiger partial charge < -0.3 is 20.9 Å². The molecule has 1 saturated heterocycles. The van der Waals surface area contributed by atoms with Crippen molar-refractivity contribution in [1.82, 2.24) is 24.8 Å². The maximum atomic E-state index is 12.9. The molecule has 1 aliphatic rings. The third-order valence-electron chi connectivity index (χ3n) is 7.73. The molecule has 1 amide bonds. The van der Waals surface area contributed by atoms with E-state index in [1.54, 1.807) is 6.92 Å². The van der Waals surface area contributed by atoms with Crippen LogP contribution in [0.3, 0.4) is 0 Å². The van der Waals surface area contributed by atoms with Gasteiger partial charge in [-0.05, 0) is 49.1 Å². The predicted octanol–water partition coefficient (Wildman–Crippen LogP) is 5.63. The number of hydrogen-bond donors (Lipinski definition) is 3. The van der Waals surface area contributed by atoms with Crippen LogP contribution in [0, 0.1) is 18.3 Å². The molecule has 3 aromatic heterocycles. The van der Waals surface area contributed by atoms with Crippen molar-refractivity contribution in [2.45, 2.75) is 64.8 Å². The van der Waals surface area contributed by atoms with E-state index in [1.807, 2.05) is 16.7 Å². The molecule has 5 rings (SSSR count). The van der Waals surface area contributed by atoms with E-state index in [0.29, 0.717) is 40.4 Å². The van der Waals surface area contributed by atoms with Gasteiger partial charge in [0.15, 0.2) is 0 Å². The van der Waals surface area contributed by atoms with Gasteiger partial charge in [0, 0.05) is 53.6 Å². The number of piperidine rings is 1. The second-order valence-corrected chi connectivity index (χ2v) is 12.0. The molecule has 13 heteroatoms. The van der Waals surface area contributed by atoms with Crippen LogP contribution in [0.5, 0.6) is 0 Å². The number of thiophene rings is 1. The molecular weight excluding hydrogens is 577 g/mol. The number of aryl methyl sites for hydroxylation is 1. The van der Waals surface area contributed by atoms with Crippen LogP contribution in [-0.2, 0) is 24.3 Å². The highest BCUT2D eigenvalue weighted by molar-refractivity contribution is 7.18. The molecule has 4 aromatic rings. The minimum atomic E-state index is -4.30. The van der Waals surface area contributed by atoms with Crippen LogP contribution in [-0.4, -0.2) is 50.6 Å². The summed E-state index contributed by atoms with van der Waals surface area (Å²) in [6.07, 6.45) is -3.30. The molecule has 226 valence electrons. The van der Waals surface area contributed by atoms with Crippen LogP contribution in [0.15, 0.2) is 36.5 Å². The summed E-state index contributed by atoms with van der Waals surface area (Å²) < 4.78 is 40.7. The first-order chi connectivity index (χ1) is 20.4. The van der Waals surface area contributed by atoms with Gasteiger partial charge in [0.25, 0.3) is 0 Å². The van der Waals surface area contributed by atoms with Gasteiger partial charge in [-0.3, -0.25) is 9.69 Å². The predicted molar refractivity (Wildman–Crippen MR) is 162 cm³/mol. The lowest BCUT2D eigenvalue weighted by Gasteiger charge is -2.33. The summed E-state index contributed by atoms with van der Waals surface area (Å²) in [5, 5.41) is 17.5. The second kappa shape index (κ2) is 12.2. The smallest absolute Gasteiger partial charge is 0.368 e. The molecule has 1 aliphatic heterocycles. The number of nitrogen functional groups attached to an aromatic ring is 1. The maximum Gasteiger partial charge on any atom is 0.393 e. The van der Waals surface area contributed by atoms with Crippen molar-refractivity contribution < 1.29 is 18.0 Å². The first-order valence-electron chi connectivity index (χ1n) is 14.0. The summed E-state index contributed by atoms with van der Waals surface area (Å²) >= 11 is 0.988. The van der Waals surface area contributed by atoms with Crippen LogP contribution in [0.25, 0.3) is 21.1 Å². The minimum absolute atomic E-state index is 0.0297. The Morgan fingerprint density at radius 2 is 1.98 bits per heavy atom. The normalized spacial score (nSPS) is 14.7. The molecule has 0 unspecified atom stereocenters. The Morgan fingerprint density at radius 1 is 1.23 bits per heavy atom. The Morgan fingerprint density at radius 3 is 2.65 bits per heavy atom. The number of halogens is 3. The van der Waals surface area contributed by atoms with Crippen LogP contribution >= 0.6 is 11.3 Å². The lowest BCUT2D eigenvalue weighted by Crippen LogP contribution is -2.39. The van der Waals surface area contributed by atoms with E-state index in [9.17, 15) is 23.2 Å². The fourth-order valence-electron chi connectivity index (χ4n) is 5.52. The number of allylic oxidation sites excluding steroid dienone is 1. The summed E-state index contributed by atoms with van der Waals surface area (Å²) in [5.41, 5.74) is 10.1. The van der Waals surface area contributed by atoms with Crippen molar-refractivity contribution in [3.8, 4) is 6.07 Å². The molecule has 0 spiro atoms. The van der Waals surface area contributed by atoms with Crippen LogP contribution in [0.1, 0.15) is 47.9 Å². The first-order valence-corrected chi connectivity index (χ1v) is 14.9. The topological polar surface area (TPSA) is 125 Å². The number of nitrogens with zero attached hydrogens (tertiary/aromatic N) is 5. The van der Waals surface area contributed by atoms with E-state index in [-0.39, 0.29) is 22.8 Å². The van der Waals surface area contributed by atoms with Crippen LogP contribution in [0.2, 0.25) is 0 Å². The Kier molecular flexibility index (Phi) is 8.62. The van der Waals surface area contributed by atoms with E-state index in [4.69, 9.17) is 5.73 Å². The molecule has 9 nitrogen and oxygen atoms in total. The number of carbonyl (C=O) groups excluding carboxylic acids is 1. The number of nitriles is 1. The zero-order valence-corrected chi connectivity index (χ0v) is 24.8. The van der Waals surface area contributed by atoms with Crippen molar-refractivity contribution in [1.29, 1.82) is 5.26 Å². The van der Waals surface area contributed by atoms with Gasteiger partial charge in [-0.2, -0.15) is 23.4 Å². The summed E-state index contributed by atoms with van der Waals surface area (Å²) in [6.45, 7) is 10.5. The van der Waals surface area contributed by atoms with Crippen LogP contribution < -0.4 is 16.4 Å². The highest BCUT2D eigenvalue weighted by atomic mass is 32.1. The molecule has 0 bridgehead atoms. The Balaban J connectivity index is 1.25. The third kappa shape index (κ3) is 6.92. The number of nitrogens with one attached hydrogen (secondary N) is 2. The number of anilines is 2. The molecule has 0 saturated carbocycles. The third-order valence-corrected chi connectivity index (χ3v) is 8.75. The maximum absolute atomic E-state index is 12.9. The number of fused-ring (bicyclic) bond motifs is 2. The number of amides is 1. The Bertz CT molecular complexity index is 1730. The number of likely N-dealkylation sites (tertiary alicyclic amines) is 1. The van der Waals surface area contributed by atoms with Gasteiger partial charge in [-0.25, -0.2) is 4.98 Å². The highest BCUT2D eigenvalue weighted by Gasteiger charge is 2.29. The van der Waals surface area contributed by atoms with Crippen molar-refractivity contribution in [2.24, 2.45) is 0 Å². The quantitative estimate of drug-likeness (QED) is 0.224. The average Bonchev–Trinajstić information content (AvgIpc) is 3.50.